The lowest BCUT2D eigenvalue weighted by Gasteiger charge is -2.46. The minimum absolute atomic E-state index is 0.220. The number of benzene rings is 12. The van der Waals surface area contributed by atoms with E-state index in [2.05, 4.69) is 279 Å². The molecule has 79 heavy (non-hydrogen) atoms. The number of fused-ring (bicyclic) bond motifs is 22. The fourth-order valence-corrected chi connectivity index (χ4v) is 14.5. The average Bonchev–Trinajstić information content (AvgIpc) is 3.68. The van der Waals surface area contributed by atoms with Gasteiger partial charge in [0.2, 0.25) is 0 Å². The molecule has 0 amide bonds. The summed E-state index contributed by atoms with van der Waals surface area (Å²) in [5, 5.41) is 11.3. The smallest absolute Gasteiger partial charge is 0.143 e. The maximum atomic E-state index is 6.78. The summed E-state index contributed by atoms with van der Waals surface area (Å²) in [7, 11) is 0. The van der Waals surface area contributed by atoms with Crippen molar-refractivity contribution in [2.75, 3.05) is 0 Å². The minimum Gasteiger partial charge on any atom is -0.455 e. The van der Waals surface area contributed by atoms with Gasteiger partial charge >= 0.3 is 0 Å². The number of furan rings is 2. The minimum atomic E-state index is -0.584. The summed E-state index contributed by atoms with van der Waals surface area (Å²) >= 11 is 0. The second-order valence-corrected chi connectivity index (χ2v) is 22.2. The molecule has 15 aromatic rings. The Bertz CT molecular complexity index is 4920. The van der Waals surface area contributed by atoms with Crippen LogP contribution in [-0.2, 0) is 10.8 Å². The molecule has 3 aromatic heterocycles. The van der Waals surface area contributed by atoms with Crippen LogP contribution in [0.1, 0.15) is 47.2 Å². The van der Waals surface area contributed by atoms with E-state index in [-0.39, 0.29) is 5.41 Å². The Morgan fingerprint density at radius 3 is 1.19 bits per heavy atom. The van der Waals surface area contributed by atoms with Crippen LogP contribution in [0.4, 0.5) is 0 Å². The van der Waals surface area contributed by atoms with Gasteiger partial charge in [0.15, 0.2) is 0 Å². The third kappa shape index (κ3) is 5.97. The zero-order chi connectivity index (χ0) is 52.1. The van der Waals surface area contributed by atoms with E-state index in [0.29, 0.717) is 0 Å². The van der Waals surface area contributed by atoms with Crippen LogP contribution in [0.15, 0.2) is 270 Å². The lowest BCUT2D eigenvalue weighted by molar-refractivity contribution is 0.563. The van der Waals surface area contributed by atoms with Crippen LogP contribution >= 0.6 is 0 Å². The average molecular weight is 1010 g/mol. The molecule has 0 atom stereocenters. The highest BCUT2D eigenvalue weighted by molar-refractivity contribution is 6.21. The van der Waals surface area contributed by atoms with Gasteiger partial charge in [-0.2, -0.15) is 0 Å². The Balaban J connectivity index is 1.06. The van der Waals surface area contributed by atoms with Gasteiger partial charge in [0, 0.05) is 54.4 Å². The molecule has 17 rings (SSSR count). The van der Waals surface area contributed by atoms with Crippen LogP contribution in [0.25, 0.3) is 126 Å². The maximum Gasteiger partial charge on any atom is 0.143 e. The predicted molar refractivity (Wildman–Crippen MR) is 328 cm³/mol. The largest absolute Gasteiger partial charge is 0.455 e. The number of hydrogen-bond donors (Lipinski definition) is 0. The monoisotopic (exact) mass is 1010 g/mol. The van der Waals surface area contributed by atoms with Gasteiger partial charge in [0.05, 0.1) is 22.1 Å². The second-order valence-electron chi connectivity index (χ2n) is 22.2. The van der Waals surface area contributed by atoms with Crippen molar-refractivity contribution in [2.24, 2.45) is 0 Å². The zero-order valence-electron chi connectivity index (χ0n) is 43.6. The van der Waals surface area contributed by atoms with E-state index >= 15 is 0 Å². The van der Waals surface area contributed by atoms with E-state index in [9.17, 15) is 0 Å². The van der Waals surface area contributed by atoms with Crippen molar-refractivity contribution in [3.05, 3.63) is 294 Å². The molecule has 0 fully saturated rings. The number of para-hydroxylation sites is 4. The summed E-state index contributed by atoms with van der Waals surface area (Å²) < 4.78 is 16.1. The van der Waals surface area contributed by atoms with Gasteiger partial charge in [-0.1, -0.05) is 232 Å². The highest BCUT2D eigenvalue weighted by Crippen LogP contribution is 2.63. The molecule has 3 nitrogen and oxygen atoms in total. The fourth-order valence-electron chi connectivity index (χ4n) is 14.5. The van der Waals surface area contributed by atoms with Crippen molar-refractivity contribution in [2.45, 2.75) is 24.7 Å². The molecule has 0 saturated heterocycles. The molecule has 0 bridgehead atoms. The van der Waals surface area contributed by atoms with E-state index in [1.807, 2.05) is 0 Å². The van der Waals surface area contributed by atoms with Crippen molar-refractivity contribution < 1.29 is 8.83 Å². The molecule has 3 heterocycles. The van der Waals surface area contributed by atoms with Crippen molar-refractivity contribution in [1.82, 2.24) is 4.57 Å². The van der Waals surface area contributed by atoms with Crippen molar-refractivity contribution in [3.63, 3.8) is 0 Å². The Hall–Kier alpha value is -9.96. The lowest BCUT2D eigenvalue weighted by atomic mass is 9.55. The first-order valence-electron chi connectivity index (χ1n) is 27.5. The van der Waals surface area contributed by atoms with Gasteiger partial charge in [0.1, 0.15) is 22.3 Å². The first-order valence-corrected chi connectivity index (χ1v) is 27.5. The first-order chi connectivity index (χ1) is 39.0. The van der Waals surface area contributed by atoms with Gasteiger partial charge < -0.3 is 13.4 Å². The van der Waals surface area contributed by atoms with E-state index in [4.69, 9.17) is 8.83 Å². The van der Waals surface area contributed by atoms with Crippen LogP contribution in [-0.4, -0.2) is 4.57 Å². The van der Waals surface area contributed by atoms with E-state index in [0.717, 1.165) is 115 Å². The summed E-state index contributed by atoms with van der Waals surface area (Å²) in [5.74, 6) is 0. The van der Waals surface area contributed by atoms with Crippen LogP contribution in [0.5, 0.6) is 0 Å². The summed E-state index contributed by atoms with van der Waals surface area (Å²) in [4.78, 5) is 0. The number of nitrogens with zero attached hydrogens (tertiary/aromatic N) is 1. The van der Waals surface area contributed by atoms with Crippen LogP contribution in [0.3, 0.4) is 0 Å². The standard InChI is InChI=1S/C76H49NO2/c1-75(2)62-32-11-13-34-64(62)76(65-35-14-12-33-63(65)75)61-31-10-7-26-58(61)72-66(76)36-19-37-69(72)77-67-42-40-46(48-27-17-29-56-54-24-8-15-38-70(54)78-73(48)56)44-59(67)52-22-5-3-20-50(52)51-21-4-6-23-53(51)60-45-47(41-43-68(60)77)49-28-18-30-57-55-25-9-16-39-71(55)79-74(49)57/h3-45H,1-2H3. The maximum absolute atomic E-state index is 6.78. The molecular formula is C76H49NO2. The normalized spacial score (nSPS) is 13.9. The molecule has 0 N–H and O–H groups in total. The molecule has 0 saturated carbocycles. The van der Waals surface area contributed by atoms with E-state index in [1.54, 1.807) is 0 Å². The molecule has 0 unspecified atom stereocenters. The predicted octanol–water partition coefficient (Wildman–Crippen LogP) is 20.3. The van der Waals surface area contributed by atoms with Crippen LogP contribution in [0, 0.1) is 0 Å². The lowest BCUT2D eigenvalue weighted by Crippen LogP contribution is -2.40. The highest BCUT2D eigenvalue weighted by Gasteiger charge is 2.53. The molecule has 0 radical (unpaired) electrons. The van der Waals surface area contributed by atoms with Crippen molar-refractivity contribution in [1.29, 1.82) is 0 Å². The summed E-state index contributed by atoms with van der Waals surface area (Å²) in [6.45, 7) is 4.79. The summed E-state index contributed by atoms with van der Waals surface area (Å²) in [6.07, 6.45) is 0. The third-order valence-corrected chi connectivity index (χ3v) is 17.9. The molecule has 1 spiro atoms. The van der Waals surface area contributed by atoms with E-state index < -0.39 is 5.41 Å². The van der Waals surface area contributed by atoms with Gasteiger partial charge in [-0.15, -0.1) is 0 Å². The summed E-state index contributed by atoms with van der Waals surface area (Å²) in [5.41, 5.74) is 20.7. The van der Waals surface area contributed by atoms with Gasteiger partial charge in [-0.05, 0) is 114 Å². The highest BCUT2D eigenvalue weighted by atomic mass is 16.3. The Morgan fingerprint density at radius 2 is 0.671 bits per heavy atom. The molecule has 370 valence electrons. The van der Waals surface area contributed by atoms with Crippen LogP contribution in [0.2, 0.25) is 0 Å². The number of rotatable bonds is 3. The van der Waals surface area contributed by atoms with Crippen molar-refractivity contribution >= 4 is 87.2 Å². The molecule has 2 aliphatic rings. The third-order valence-electron chi connectivity index (χ3n) is 17.9. The Morgan fingerprint density at radius 1 is 0.291 bits per heavy atom. The molecule has 3 heteroatoms. The fraction of sp³-hybridized carbons (Fsp3) is 0.0526. The van der Waals surface area contributed by atoms with Gasteiger partial charge in [0.25, 0.3) is 0 Å². The van der Waals surface area contributed by atoms with E-state index in [1.165, 1.54) is 44.5 Å². The molecule has 12 aromatic carbocycles. The summed E-state index contributed by atoms with van der Waals surface area (Å²) in [6, 6.07) is 96.9. The van der Waals surface area contributed by atoms with Crippen LogP contribution < -0.4 is 0 Å². The quantitative estimate of drug-likeness (QED) is 0.177. The molecule has 2 aliphatic carbocycles. The SMILES string of the molecule is CC1(C)c2ccccc2C2(c3ccccc3-c3c(-n4c5ccc(-c6cccc7c6oc6ccccc67)cc5c5ccccc5c5ccccc5c5cc(-c6cccc7c6oc6ccccc67)ccc54)cccc32)c2ccccc21. The van der Waals surface area contributed by atoms with Gasteiger partial charge in [-0.3, -0.25) is 0 Å². The Labute approximate surface area is 456 Å². The van der Waals surface area contributed by atoms with Crippen molar-refractivity contribution in [3.8, 4) is 39.1 Å². The zero-order valence-corrected chi connectivity index (χ0v) is 43.6. The Kier molecular flexibility index (Phi) is 9.11. The topological polar surface area (TPSA) is 31.2 Å². The first kappa shape index (κ1) is 44.2. The molecule has 0 aliphatic heterocycles. The molecular weight excluding hydrogens is 959 g/mol. The van der Waals surface area contributed by atoms with Gasteiger partial charge in [-0.25, -0.2) is 0 Å². The number of aromatic nitrogens is 1. The number of hydrogen-bond acceptors (Lipinski definition) is 2. The second kappa shape index (κ2) is 16.3.